The van der Waals surface area contributed by atoms with Crippen molar-refractivity contribution in [3.8, 4) is 0 Å². The van der Waals surface area contributed by atoms with E-state index in [0.717, 1.165) is 12.8 Å². The number of allylic oxidation sites excluding steroid dienone is 2. The summed E-state index contributed by atoms with van der Waals surface area (Å²) in [5.74, 6) is 0.359. The van der Waals surface area contributed by atoms with Crippen LogP contribution in [-0.2, 0) is 9.31 Å². The van der Waals surface area contributed by atoms with E-state index in [1.807, 2.05) is 0 Å². The highest BCUT2D eigenvalue weighted by Gasteiger charge is 2.52. The van der Waals surface area contributed by atoms with Gasteiger partial charge in [-0.05, 0) is 41.0 Å². The first-order valence-electron chi connectivity index (χ1n) is 7.26. The monoisotopic (exact) mass is 252 g/mol. The molecule has 0 spiro atoms. The predicted octanol–water partition coefficient (Wildman–Crippen LogP) is 4.61. The normalized spacial score (nSPS) is 24.4. The molecule has 0 aliphatic carbocycles. The molecule has 0 aromatic heterocycles. The third-order valence-corrected chi connectivity index (χ3v) is 4.24. The first-order valence-corrected chi connectivity index (χ1v) is 7.26. The molecule has 18 heavy (non-hydrogen) atoms. The molecule has 0 saturated carbocycles. The summed E-state index contributed by atoms with van der Waals surface area (Å²) in [6.07, 6.45) is 5.75. The van der Waals surface area contributed by atoms with Crippen molar-refractivity contribution in [3.05, 3.63) is 11.6 Å². The maximum absolute atomic E-state index is 6.13. The standard InChI is InChI=1S/C15H29BO2/c1-8-10-12(3)11-13(9-2)16-17-14(4,5)15(6,7)18-16/h11,13H,8-10H2,1-7H3/b12-11+/t13-/m0/s1. The van der Waals surface area contributed by atoms with E-state index in [2.05, 4.69) is 54.5 Å². The lowest BCUT2D eigenvalue weighted by atomic mass is 9.69. The minimum Gasteiger partial charge on any atom is -0.403 e. The van der Waals surface area contributed by atoms with E-state index < -0.39 is 0 Å². The molecule has 0 amide bonds. The van der Waals surface area contributed by atoms with Gasteiger partial charge in [-0.25, -0.2) is 0 Å². The summed E-state index contributed by atoms with van der Waals surface area (Å²) in [4.78, 5) is 0. The Balaban J connectivity index is 2.78. The molecule has 0 radical (unpaired) electrons. The van der Waals surface area contributed by atoms with Crippen molar-refractivity contribution in [2.45, 2.75) is 84.7 Å². The molecule has 1 saturated heterocycles. The second-order valence-electron chi connectivity index (χ2n) is 6.46. The van der Waals surface area contributed by atoms with Gasteiger partial charge in [-0.15, -0.1) is 0 Å². The smallest absolute Gasteiger partial charge is 0.403 e. The zero-order valence-corrected chi connectivity index (χ0v) is 13.2. The fraction of sp³-hybridized carbons (Fsp3) is 0.867. The highest BCUT2D eigenvalue weighted by atomic mass is 16.7. The molecule has 0 bridgehead atoms. The zero-order chi connectivity index (χ0) is 14.0. The van der Waals surface area contributed by atoms with Gasteiger partial charge in [0.25, 0.3) is 0 Å². The first kappa shape index (κ1) is 15.8. The molecule has 0 N–H and O–H groups in total. The Labute approximate surface area is 113 Å². The topological polar surface area (TPSA) is 18.5 Å². The molecular formula is C15H29BO2. The summed E-state index contributed by atoms with van der Waals surface area (Å²) in [6, 6.07) is 0. The number of rotatable bonds is 5. The van der Waals surface area contributed by atoms with Gasteiger partial charge in [0.15, 0.2) is 0 Å². The van der Waals surface area contributed by atoms with Gasteiger partial charge in [0.2, 0.25) is 0 Å². The number of hydrogen-bond acceptors (Lipinski definition) is 2. The maximum Gasteiger partial charge on any atom is 0.465 e. The van der Waals surface area contributed by atoms with E-state index in [1.54, 1.807) is 0 Å². The lowest BCUT2D eigenvalue weighted by molar-refractivity contribution is 0.00578. The van der Waals surface area contributed by atoms with Crippen LogP contribution in [0.3, 0.4) is 0 Å². The summed E-state index contributed by atoms with van der Waals surface area (Å²) < 4.78 is 12.3. The van der Waals surface area contributed by atoms with Gasteiger partial charge in [-0.2, -0.15) is 0 Å². The average molecular weight is 252 g/mol. The summed E-state index contributed by atoms with van der Waals surface area (Å²) in [5, 5.41) is 0. The van der Waals surface area contributed by atoms with Crippen molar-refractivity contribution in [2.24, 2.45) is 0 Å². The molecule has 1 aliphatic rings. The van der Waals surface area contributed by atoms with Crippen LogP contribution in [0.25, 0.3) is 0 Å². The van der Waals surface area contributed by atoms with E-state index in [4.69, 9.17) is 9.31 Å². The largest absolute Gasteiger partial charge is 0.465 e. The molecule has 1 aliphatic heterocycles. The Morgan fingerprint density at radius 2 is 1.61 bits per heavy atom. The third-order valence-electron chi connectivity index (χ3n) is 4.24. The Morgan fingerprint density at radius 1 is 1.11 bits per heavy atom. The van der Waals surface area contributed by atoms with Crippen molar-refractivity contribution >= 4 is 7.12 Å². The van der Waals surface area contributed by atoms with E-state index in [-0.39, 0.29) is 18.3 Å². The van der Waals surface area contributed by atoms with Crippen molar-refractivity contribution in [2.75, 3.05) is 0 Å². The van der Waals surface area contributed by atoms with Crippen LogP contribution >= 0.6 is 0 Å². The zero-order valence-electron chi connectivity index (χ0n) is 13.2. The molecule has 2 nitrogen and oxygen atoms in total. The highest BCUT2D eigenvalue weighted by Crippen LogP contribution is 2.41. The predicted molar refractivity (Wildman–Crippen MR) is 78.8 cm³/mol. The van der Waals surface area contributed by atoms with E-state index >= 15 is 0 Å². The van der Waals surface area contributed by atoms with Crippen LogP contribution in [0, 0.1) is 0 Å². The molecule has 3 heteroatoms. The van der Waals surface area contributed by atoms with Gasteiger partial charge < -0.3 is 9.31 Å². The molecule has 1 fully saturated rings. The van der Waals surface area contributed by atoms with Gasteiger partial charge in [0.1, 0.15) is 0 Å². The Hall–Kier alpha value is -0.275. The SMILES string of the molecule is CCC/C(C)=C/[C@H](CC)B1OC(C)(C)C(C)(C)O1. The fourth-order valence-corrected chi connectivity index (χ4v) is 2.30. The number of hydrogen-bond donors (Lipinski definition) is 0. The van der Waals surface area contributed by atoms with Crippen LogP contribution in [0.4, 0.5) is 0 Å². The second kappa shape index (κ2) is 5.79. The first-order chi connectivity index (χ1) is 8.23. The van der Waals surface area contributed by atoms with Crippen molar-refractivity contribution in [1.82, 2.24) is 0 Å². The van der Waals surface area contributed by atoms with Gasteiger partial charge in [0.05, 0.1) is 11.2 Å². The lowest BCUT2D eigenvalue weighted by Gasteiger charge is -2.32. The van der Waals surface area contributed by atoms with Crippen LogP contribution in [0.1, 0.15) is 67.7 Å². The highest BCUT2D eigenvalue weighted by molar-refractivity contribution is 6.48. The van der Waals surface area contributed by atoms with Crippen molar-refractivity contribution < 1.29 is 9.31 Å². The van der Waals surface area contributed by atoms with Crippen LogP contribution < -0.4 is 0 Å². The molecule has 0 aromatic carbocycles. The van der Waals surface area contributed by atoms with Crippen LogP contribution in [-0.4, -0.2) is 18.3 Å². The molecule has 0 aromatic rings. The Bertz CT molecular complexity index is 292. The molecule has 1 rings (SSSR count). The maximum atomic E-state index is 6.13. The van der Waals surface area contributed by atoms with E-state index in [9.17, 15) is 0 Å². The molecule has 1 atom stereocenters. The Kier molecular flexibility index (Phi) is 5.08. The fourth-order valence-electron chi connectivity index (χ4n) is 2.30. The molecule has 1 heterocycles. The van der Waals surface area contributed by atoms with Crippen molar-refractivity contribution in [3.63, 3.8) is 0 Å². The minimum atomic E-state index is -0.225. The Morgan fingerprint density at radius 3 is 2.00 bits per heavy atom. The van der Waals surface area contributed by atoms with Gasteiger partial charge >= 0.3 is 7.12 Å². The molecule has 104 valence electrons. The van der Waals surface area contributed by atoms with Gasteiger partial charge in [-0.1, -0.05) is 38.3 Å². The van der Waals surface area contributed by atoms with Gasteiger partial charge in [0, 0.05) is 5.82 Å². The summed E-state index contributed by atoms with van der Waals surface area (Å²) in [7, 11) is -0.105. The van der Waals surface area contributed by atoms with Crippen LogP contribution in [0.2, 0.25) is 5.82 Å². The minimum absolute atomic E-state index is 0.105. The lowest BCUT2D eigenvalue weighted by Crippen LogP contribution is -2.41. The second-order valence-corrected chi connectivity index (χ2v) is 6.46. The average Bonchev–Trinajstić information content (AvgIpc) is 2.45. The quantitative estimate of drug-likeness (QED) is 0.525. The molecular weight excluding hydrogens is 223 g/mol. The summed E-state index contributed by atoms with van der Waals surface area (Å²) >= 11 is 0. The van der Waals surface area contributed by atoms with Crippen LogP contribution in [0.5, 0.6) is 0 Å². The van der Waals surface area contributed by atoms with Gasteiger partial charge in [-0.3, -0.25) is 0 Å². The summed E-state index contributed by atoms with van der Waals surface area (Å²) in [6.45, 7) is 15.1. The summed E-state index contributed by atoms with van der Waals surface area (Å²) in [5.41, 5.74) is 0.994. The van der Waals surface area contributed by atoms with E-state index in [0.29, 0.717) is 5.82 Å². The van der Waals surface area contributed by atoms with E-state index in [1.165, 1.54) is 12.0 Å². The third kappa shape index (κ3) is 3.39. The molecule has 0 unspecified atom stereocenters. The van der Waals surface area contributed by atoms with Crippen LogP contribution in [0.15, 0.2) is 11.6 Å². The van der Waals surface area contributed by atoms with Crippen molar-refractivity contribution in [1.29, 1.82) is 0 Å².